The number of rotatable bonds is 9. The van der Waals surface area contributed by atoms with Crippen molar-refractivity contribution in [2.45, 2.75) is 59.1 Å². The first-order valence-electron chi connectivity index (χ1n) is 13.2. The largest absolute Gasteiger partial charge is 0.486 e. The van der Waals surface area contributed by atoms with Gasteiger partial charge in [0.2, 0.25) is 5.91 Å². The molecule has 1 aromatic heterocycles. The number of nitrogens with zero attached hydrogens (tertiary/aromatic N) is 2. The van der Waals surface area contributed by atoms with E-state index in [9.17, 15) is 9.59 Å². The van der Waals surface area contributed by atoms with Crippen LogP contribution >= 0.6 is 11.3 Å². The second-order valence-electron chi connectivity index (χ2n) is 10.6. The van der Waals surface area contributed by atoms with Gasteiger partial charge in [-0.3, -0.25) is 9.59 Å². The van der Waals surface area contributed by atoms with Crippen molar-refractivity contribution in [1.82, 2.24) is 15.2 Å². The molecule has 1 aliphatic carbocycles. The van der Waals surface area contributed by atoms with Gasteiger partial charge in [0.05, 0.1) is 6.04 Å². The maximum Gasteiger partial charge on any atom is 0.270 e. The van der Waals surface area contributed by atoms with Crippen LogP contribution in [0.4, 0.5) is 0 Å². The molecule has 37 heavy (non-hydrogen) atoms. The van der Waals surface area contributed by atoms with Crippen molar-refractivity contribution in [3.8, 4) is 5.75 Å². The molecule has 2 heterocycles. The standard InChI is InChI=1S/C30H35N3O3S/c1-19(2)11-13-31-29(34)26-18-37-27(32-26)17-36-24-10-9-21-12-14-33(30(35)22-7-8-22)28(25(21)16-24)23-6-4-5-20(3)15-23/h4-6,9-10,15-16,18-19,22,28H,7-8,11-14,17H2,1-3H3,(H,31,34)/t28-/m0/s1. The molecule has 1 atom stereocenters. The van der Waals surface area contributed by atoms with E-state index in [4.69, 9.17) is 4.74 Å². The zero-order valence-corrected chi connectivity index (χ0v) is 22.6. The topological polar surface area (TPSA) is 71.5 Å². The van der Waals surface area contributed by atoms with Crippen molar-refractivity contribution in [1.29, 1.82) is 0 Å². The average Bonchev–Trinajstić information content (AvgIpc) is 3.63. The molecule has 5 rings (SSSR count). The summed E-state index contributed by atoms with van der Waals surface area (Å²) < 4.78 is 6.14. The minimum Gasteiger partial charge on any atom is -0.486 e. The van der Waals surface area contributed by atoms with E-state index in [0.29, 0.717) is 24.8 Å². The Balaban J connectivity index is 1.32. The van der Waals surface area contributed by atoms with Gasteiger partial charge in [-0.1, -0.05) is 49.7 Å². The van der Waals surface area contributed by atoms with Gasteiger partial charge in [-0.25, -0.2) is 4.98 Å². The van der Waals surface area contributed by atoms with Gasteiger partial charge >= 0.3 is 0 Å². The van der Waals surface area contributed by atoms with Crippen LogP contribution < -0.4 is 10.1 Å². The van der Waals surface area contributed by atoms with Gasteiger partial charge in [0.1, 0.15) is 23.1 Å². The zero-order chi connectivity index (χ0) is 25.9. The highest BCUT2D eigenvalue weighted by Crippen LogP contribution is 2.41. The molecule has 0 radical (unpaired) electrons. The number of hydrogen-bond acceptors (Lipinski definition) is 5. The van der Waals surface area contributed by atoms with Crippen LogP contribution in [-0.2, 0) is 17.8 Å². The molecule has 0 unspecified atom stereocenters. The predicted molar refractivity (Wildman–Crippen MR) is 146 cm³/mol. The molecule has 1 N–H and O–H groups in total. The number of fused-ring (bicyclic) bond motifs is 1. The minimum atomic E-state index is -0.140. The molecule has 0 spiro atoms. The summed E-state index contributed by atoms with van der Waals surface area (Å²) in [6.45, 7) is 8.04. The second kappa shape index (κ2) is 11.1. The first-order chi connectivity index (χ1) is 17.9. The second-order valence-corrected chi connectivity index (χ2v) is 11.5. The molecule has 2 aromatic carbocycles. The van der Waals surface area contributed by atoms with Crippen LogP contribution in [0.1, 0.15) is 76.9 Å². The monoisotopic (exact) mass is 517 g/mol. The quantitative estimate of drug-likeness (QED) is 0.396. The number of amides is 2. The molecule has 0 saturated heterocycles. The van der Waals surface area contributed by atoms with E-state index in [1.165, 1.54) is 22.5 Å². The van der Waals surface area contributed by atoms with Crippen LogP contribution in [0.2, 0.25) is 0 Å². The molecule has 7 heteroatoms. The minimum absolute atomic E-state index is 0.110. The van der Waals surface area contributed by atoms with Crippen molar-refractivity contribution in [2.75, 3.05) is 13.1 Å². The van der Waals surface area contributed by atoms with E-state index in [1.807, 2.05) is 6.07 Å². The lowest BCUT2D eigenvalue weighted by Crippen LogP contribution is -2.41. The van der Waals surface area contributed by atoms with Crippen LogP contribution in [0.15, 0.2) is 47.8 Å². The molecule has 1 aliphatic heterocycles. The van der Waals surface area contributed by atoms with E-state index in [1.54, 1.807) is 5.38 Å². The average molecular weight is 518 g/mol. The molecule has 2 amide bonds. The number of benzene rings is 2. The summed E-state index contributed by atoms with van der Waals surface area (Å²) in [4.78, 5) is 32.2. The number of aromatic nitrogens is 1. The first kappa shape index (κ1) is 25.5. The third-order valence-corrected chi connectivity index (χ3v) is 7.89. The van der Waals surface area contributed by atoms with Crippen LogP contribution in [0.3, 0.4) is 0 Å². The van der Waals surface area contributed by atoms with Crippen LogP contribution in [0, 0.1) is 18.8 Å². The molecular formula is C30H35N3O3S. The lowest BCUT2D eigenvalue weighted by Gasteiger charge is -2.38. The molecular weight excluding hydrogens is 482 g/mol. The van der Waals surface area contributed by atoms with Gasteiger partial charge in [0, 0.05) is 24.4 Å². The third kappa shape index (κ3) is 6.04. The number of aryl methyl sites for hydroxylation is 1. The van der Waals surface area contributed by atoms with Crippen molar-refractivity contribution in [3.05, 3.63) is 80.8 Å². The molecule has 2 aliphatic rings. The normalized spacial score (nSPS) is 17.0. The van der Waals surface area contributed by atoms with Gasteiger partial charge in [0.15, 0.2) is 0 Å². The Hall–Kier alpha value is -3.19. The van der Waals surface area contributed by atoms with Crippen molar-refractivity contribution in [3.63, 3.8) is 0 Å². The zero-order valence-electron chi connectivity index (χ0n) is 21.8. The van der Waals surface area contributed by atoms with Crippen molar-refractivity contribution < 1.29 is 14.3 Å². The van der Waals surface area contributed by atoms with Crippen LogP contribution in [-0.4, -0.2) is 34.8 Å². The molecule has 6 nitrogen and oxygen atoms in total. The Morgan fingerprint density at radius 2 is 2.03 bits per heavy atom. The fourth-order valence-corrected chi connectivity index (χ4v) is 5.56. The van der Waals surface area contributed by atoms with E-state index in [0.717, 1.165) is 54.1 Å². The van der Waals surface area contributed by atoms with Crippen molar-refractivity contribution >= 4 is 23.2 Å². The number of thiazole rings is 1. The highest BCUT2D eigenvalue weighted by atomic mass is 32.1. The Labute approximate surface area is 223 Å². The SMILES string of the molecule is Cc1cccc([C@H]2c3cc(OCc4nc(C(=O)NCCC(C)C)cs4)ccc3CCN2C(=O)C2CC2)c1. The third-order valence-electron chi connectivity index (χ3n) is 7.07. The number of carbonyl (C=O) groups is 2. The van der Waals surface area contributed by atoms with Gasteiger partial charge in [0.25, 0.3) is 5.91 Å². The summed E-state index contributed by atoms with van der Waals surface area (Å²) in [6, 6.07) is 14.6. The van der Waals surface area contributed by atoms with Crippen molar-refractivity contribution in [2.24, 2.45) is 11.8 Å². The van der Waals surface area contributed by atoms with Gasteiger partial charge in [-0.15, -0.1) is 11.3 Å². The number of ether oxygens (including phenoxy) is 1. The first-order valence-corrected chi connectivity index (χ1v) is 14.1. The summed E-state index contributed by atoms with van der Waals surface area (Å²) in [5.41, 5.74) is 5.15. The number of hydrogen-bond donors (Lipinski definition) is 1. The Morgan fingerprint density at radius 1 is 1.19 bits per heavy atom. The summed E-state index contributed by atoms with van der Waals surface area (Å²) in [5, 5.41) is 5.47. The van der Waals surface area contributed by atoms with E-state index >= 15 is 0 Å². The highest BCUT2D eigenvalue weighted by Gasteiger charge is 2.39. The lowest BCUT2D eigenvalue weighted by atomic mass is 9.87. The molecule has 194 valence electrons. The fourth-order valence-electron chi connectivity index (χ4n) is 4.88. The lowest BCUT2D eigenvalue weighted by molar-refractivity contribution is -0.134. The maximum absolute atomic E-state index is 13.2. The Kier molecular flexibility index (Phi) is 7.60. The van der Waals surface area contributed by atoms with E-state index in [-0.39, 0.29) is 23.8 Å². The predicted octanol–water partition coefficient (Wildman–Crippen LogP) is 5.69. The molecule has 0 bridgehead atoms. The van der Waals surface area contributed by atoms with Gasteiger partial charge in [-0.05, 0) is 67.3 Å². The molecule has 1 saturated carbocycles. The maximum atomic E-state index is 13.2. The van der Waals surface area contributed by atoms with Gasteiger partial charge in [-0.2, -0.15) is 0 Å². The highest BCUT2D eigenvalue weighted by molar-refractivity contribution is 7.09. The summed E-state index contributed by atoms with van der Waals surface area (Å²) >= 11 is 1.43. The summed E-state index contributed by atoms with van der Waals surface area (Å²) in [5.74, 6) is 1.59. The smallest absolute Gasteiger partial charge is 0.270 e. The number of carbonyl (C=O) groups excluding carboxylic acids is 2. The summed E-state index contributed by atoms with van der Waals surface area (Å²) in [6.07, 6.45) is 3.78. The van der Waals surface area contributed by atoms with E-state index in [2.05, 4.69) is 72.4 Å². The Morgan fingerprint density at radius 3 is 2.78 bits per heavy atom. The van der Waals surface area contributed by atoms with Gasteiger partial charge < -0.3 is 15.0 Å². The Bertz CT molecular complexity index is 1280. The van der Waals surface area contributed by atoms with Crippen LogP contribution in [0.25, 0.3) is 0 Å². The fraction of sp³-hybridized carbons (Fsp3) is 0.433. The van der Waals surface area contributed by atoms with Crippen LogP contribution in [0.5, 0.6) is 5.75 Å². The van der Waals surface area contributed by atoms with E-state index < -0.39 is 0 Å². The number of nitrogens with one attached hydrogen (secondary N) is 1. The summed E-state index contributed by atoms with van der Waals surface area (Å²) in [7, 11) is 0. The molecule has 3 aromatic rings. The molecule has 1 fully saturated rings.